The Labute approximate surface area is 129 Å². The SMILES string of the molecule is COCC(=O)N1CCC(c2cn3nccc3c(N(C)C)n2)C1. The Morgan fingerprint density at radius 1 is 1.50 bits per heavy atom. The summed E-state index contributed by atoms with van der Waals surface area (Å²) in [5.41, 5.74) is 1.96. The van der Waals surface area contributed by atoms with Gasteiger partial charge in [0.05, 0.1) is 18.1 Å². The van der Waals surface area contributed by atoms with Crippen molar-refractivity contribution in [3.8, 4) is 0 Å². The molecule has 1 aliphatic rings. The highest BCUT2D eigenvalue weighted by Gasteiger charge is 2.29. The van der Waals surface area contributed by atoms with Crippen LogP contribution in [-0.2, 0) is 9.53 Å². The summed E-state index contributed by atoms with van der Waals surface area (Å²) in [5.74, 6) is 1.18. The zero-order valence-electron chi connectivity index (χ0n) is 13.2. The molecule has 2 aromatic rings. The number of rotatable bonds is 4. The topological polar surface area (TPSA) is 63.0 Å². The molecule has 1 atom stereocenters. The van der Waals surface area contributed by atoms with Crippen molar-refractivity contribution in [3.05, 3.63) is 24.2 Å². The van der Waals surface area contributed by atoms with Crippen LogP contribution in [0.5, 0.6) is 0 Å². The maximum atomic E-state index is 11.9. The second-order valence-corrected chi connectivity index (χ2v) is 5.80. The first-order chi connectivity index (χ1) is 10.6. The molecule has 0 radical (unpaired) electrons. The zero-order valence-corrected chi connectivity index (χ0v) is 13.2. The fraction of sp³-hybridized carbons (Fsp3) is 0.533. The summed E-state index contributed by atoms with van der Waals surface area (Å²) < 4.78 is 6.79. The van der Waals surface area contributed by atoms with E-state index in [9.17, 15) is 4.79 Å². The van der Waals surface area contributed by atoms with Crippen LogP contribution in [0.25, 0.3) is 5.52 Å². The molecule has 22 heavy (non-hydrogen) atoms. The number of hydrogen-bond acceptors (Lipinski definition) is 5. The van der Waals surface area contributed by atoms with Gasteiger partial charge in [0.2, 0.25) is 5.91 Å². The first-order valence-corrected chi connectivity index (χ1v) is 7.38. The maximum absolute atomic E-state index is 11.9. The monoisotopic (exact) mass is 303 g/mol. The van der Waals surface area contributed by atoms with E-state index >= 15 is 0 Å². The predicted octanol–water partition coefficient (Wildman–Crippen LogP) is 0.758. The molecule has 0 aromatic carbocycles. The predicted molar refractivity (Wildman–Crippen MR) is 83.1 cm³/mol. The number of anilines is 1. The Bertz CT molecular complexity index is 682. The van der Waals surface area contributed by atoms with Crippen LogP contribution < -0.4 is 4.90 Å². The minimum Gasteiger partial charge on any atom is -0.375 e. The Hall–Kier alpha value is -2.15. The highest BCUT2D eigenvalue weighted by molar-refractivity contribution is 5.77. The summed E-state index contributed by atoms with van der Waals surface area (Å²) in [7, 11) is 5.49. The van der Waals surface area contributed by atoms with Gasteiger partial charge in [0, 0.05) is 40.2 Å². The van der Waals surface area contributed by atoms with Crippen molar-refractivity contribution in [3.63, 3.8) is 0 Å². The molecular weight excluding hydrogens is 282 g/mol. The van der Waals surface area contributed by atoms with Gasteiger partial charge < -0.3 is 14.5 Å². The Kier molecular flexibility index (Phi) is 3.98. The van der Waals surface area contributed by atoms with Crippen LogP contribution in [0.2, 0.25) is 0 Å². The lowest BCUT2D eigenvalue weighted by molar-refractivity contribution is -0.134. The number of likely N-dealkylation sites (tertiary alicyclic amines) is 1. The lowest BCUT2D eigenvalue weighted by Gasteiger charge is -2.18. The molecule has 3 heterocycles. The van der Waals surface area contributed by atoms with Crippen molar-refractivity contribution in [2.75, 3.05) is 45.8 Å². The Morgan fingerprint density at radius 2 is 2.32 bits per heavy atom. The van der Waals surface area contributed by atoms with Crippen molar-refractivity contribution >= 4 is 17.2 Å². The van der Waals surface area contributed by atoms with Crippen LogP contribution in [-0.4, -0.2) is 66.3 Å². The second kappa shape index (κ2) is 5.92. The maximum Gasteiger partial charge on any atom is 0.248 e. The van der Waals surface area contributed by atoms with Crippen LogP contribution in [0.4, 0.5) is 5.82 Å². The molecule has 0 aliphatic carbocycles. The molecule has 7 nitrogen and oxygen atoms in total. The van der Waals surface area contributed by atoms with Gasteiger partial charge in [-0.1, -0.05) is 0 Å². The largest absolute Gasteiger partial charge is 0.375 e. The Morgan fingerprint density at radius 3 is 3.05 bits per heavy atom. The normalized spacial score (nSPS) is 18.1. The Balaban J connectivity index is 1.86. The highest BCUT2D eigenvalue weighted by atomic mass is 16.5. The van der Waals surface area contributed by atoms with E-state index in [4.69, 9.17) is 9.72 Å². The van der Waals surface area contributed by atoms with Gasteiger partial charge in [-0.05, 0) is 12.5 Å². The van der Waals surface area contributed by atoms with Crippen molar-refractivity contribution < 1.29 is 9.53 Å². The van der Waals surface area contributed by atoms with E-state index in [-0.39, 0.29) is 18.4 Å². The molecule has 0 bridgehead atoms. The minimum atomic E-state index is 0.0398. The third kappa shape index (κ3) is 2.64. The van der Waals surface area contributed by atoms with Gasteiger partial charge in [0.25, 0.3) is 0 Å². The highest BCUT2D eigenvalue weighted by Crippen LogP contribution is 2.28. The van der Waals surface area contributed by atoms with Crippen molar-refractivity contribution in [1.29, 1.82) is 0 Å². The summed E-state index contributed by atoms with van der Waals surface area (Å²) in [5, 5.41) is 4.33. The molecule has 7 heteroatoms. The summed E-state index contributed by atoms with van der Waals surface area (Å²) >= 11 is 0. The smallest absolute Gasteiger partial charge is 0.248 e. The van der Waals surface area contributed by atoms with Crippen molar-refractivity contribution in [2.24, 2.45) is 0 Å². The van der Waals surface area contributed by atoms with Gasteiger partial charge in [0.15, 0.2) is 5.82 Å². The van der Waals surface area contributed by atoms with E-state index in [0.717, 1.165) is 30.0 Å². The average Bonchev–Trinajstić information content (AvgIpc) is 3.15. The van der Waals surface area contributed by atoms with E-state index in [0.29, 0.717) is 6.54 Å². The third-order valence-electron chi connectivity index (χ3n) is 4.04. The van der Waals surface area contributed by atoms with Gasteiger partial charge in [0.1, 0.15) is 12.1 Å². The molecule has 1 amide bonds. The molecule has 1 aliphatic heterocycles. The van der Waals surface area contributed by atoms with Gasteiger partial charge in [-0.3, -0.25) is 4.79 Å². The van der Waals surface area contributed by atoms with Gasteiger partial charge in [-0.25, -0.2) is 9.50 Å². The van der Waals surface area contributed by atoms with Gasteiger partial charge >= 0.3 is 0 Å². The van der Waals surface area contributed by atoms with Crippen LogP contribution >= 0.6 is 0 Å². The minimum absolute atomic E-state index is 0.0398. The molecule has 2 aromatic heterocycles. The van der Waals surface area contributed by atoms with Gasteiger partial charge in [-0.15, -0.1) is 0 Å². The summed E-state index contributed by atoms with van der Waals surface area (Å²) in [6.45, 7) is 1.58. The summed E-state index contributed by atoms with van der Waals surface area (Å²) in [6, 6.07) is 1.95. The molecule has 0 N–H and O–H groups in total. The van der Waals surface area contributed by atoms with Crippen molar-refractivity contribution in [1.82, 2.24) is 19.5 Å². The van der Waals surface area contributed by atoms with E-state index in [1.165, 1.54) is 0 Å². The molecule has 1 fully saturated rings. The summed E-state index contributed by atoms with van der Waals surface area (Å²) in [6.07, 6.45) is 4.66. The molecule has 3 rings (SSSR count). The lowest BCUT2D eigenvalue weighted by atomic mass is 10.1. The van der Waals surface area contributed by atoms with E-state index in [2.05, 4.69) is 5.10 Å². The standard InChI is InChI=1S/C15H21N5O2/c1-18(2)15-13-4-6-16-20(13)9-12(17-15)11-5-7-19(8-11)14(21)10-22-3/h4,6,9,11H,5,7-8,10H2,1-3H3. The van der Waals surface area contributed by atoms with Crippen LogP contribution in [0, 0.1) is 0 Å². The fourth-order valence-electron chi connectivity index (χ4n) is 2.90. The number of methoxy groups -OCH3 is 1. The number of carbonyl (C=O) groups is 1. The van der Waals surface area contributed by atoms with E-state index < -0.39 is 0 Å². The first kappa shape index (κ1) is 14.8. The molecule has 0 spiro atoms. The van der Waals surface area contributed by atoms with Crippen LogP contribution in [0.3, 0.4) is 0 Å². The number of carbonyl (C=O) groups excluding carboxylic acids is 1. The quantitative estimate of drug-likeness (QED) is 0.834. The first-order valence-electron chi connectivity index (χ1n) is 7.38. The fourth-order valence-corrected chi connectivity index (χ4v) is 2.90. The number of fused-ring (bicyclic) bond motifs is 1. The second-order valence-electron chi connectivity index (χ2n) is 5.80. The molecule has 1 saturated heterocycles. The summed E-state index contributed by atoms with van der Waals surface area (Å²) in [4.78, 5) is 20.5. The lowest BCUT2D eigenvalue weighted by Crippen LogP contribution is -2.31. The number of amides is 1. The number of aromatic nitrogens is 3. The van der Waals surface area contributed by atoms with E-state index in [1.807, 2.05) is 40.7 Å². The molecular formula is C15H21N5O2. The average molecular weight is 303 g/mol. The molecule has 0 saturated carbocycles. The number of nitrogens with zero attached hydrogens (tertiary/aromatic N) is 5. The molecule has 118 valence electrons. The zero-order chi connectivity index (χ0) is 15.7. The van der Waals surface area contributed by atoms with Gasteiger partial charge in [-0.2, -0.15) is 5.10 Å². The van der Waals surface area contributed by atoms with Crippen LogP contribution in [0.1, 0.15) is 18.0 Å². The van der Waals surface area contributed by atoms with Crippen LogP contribution in [0.15, 0.2) is 18.5 Å². The number of ether oxygens (including phenoxy) is 1. The third-order valence-corrected chi connectivity index (χ3v) is 4.04. The number of hydrogen-bond donors (Lipinski definition) is 0. The molecule has 1 unspecified atom stereocenters. The van der Waals surface area contributed by atoms with Crippen molar-refractivity contribution in [2.45, 2.75) is 12.3 Å². The van der Waals surface area contributed by atoms with E-state index in [1.54, 1.807) is 13.3 Å².